The number of hydrogen-bond donors (Lipinski definition) is 1. The number of carbonyl (C=O) groups excluding carboxylic acids is 1. The first-order chi connectivity index (χ1) is 11.6. The Morgan fingerprint density at radius 2 is 1.96 bits per heavy atom. The zero-order valence-corrected chi connectivity index (χ0v) is 14.5. The van der Waals surface area contributed by atoms with Crippen LogP contribution in [0.25, 0.3) is 0 Å². The Hall–Kier alpha value is -1.98. The standard InChI is InChI=1S/C18H22ClN3O2/c1-14(17-7-4-12-24-17)20-18(23)13-21-8-10-22(11-9-21)16-6-3-2-5-15(16)19/h2-7,12,14H,8-11,13H2,1H3,(H,20,23)/t14-/m0/s1. The third kappa shape index (κ3) is 4.10. The minimum atomic E-state index is -0.114. The van der Waals surface area contributed by atoms with Gasteiger partial charge in [0.1, 0.15) is 5.76 Å². The Labute approximate surface area is 147 Å². The van der Waals surface area contributed by atoms with E-state index in [4.69, 9.17) is 16.0 Å². The fourth-order valence-corrected chi connectivity index (χ4v) is 3.21. The molecule has 1 atom stereocenters. The predicted octanol–water partition coefficient (Wildman–Crippen LogP) is 2.93. The first-order valence-corrected chi connectivity index (χ1v) is 8.56. The molecule has 0 radical (unpaired) electrons. The number of carbonyl (C=O) groups is 1. The maximum Gasteiger partial charge on any atom is 0.234 e. The monoisotopic (exact) mass is 347 g/mol. The second-order valence-electron chi connectivity index (χ2n) is 6.02. The number of nitrogens with zero attached hydrogens (tertiary/aromatic N) is 2. The van der Waals surface area contributed by atoms with Crippen molar-refractivity contribution in [2.75, 3.05) is 37.6 Å². The van der Waals surface area contributed by atoms with Crippen LogP contribution in [-0.2, 0) is 4.79 Å². The van der Waals surface area contributed by atoms with E-state index in [0.29, 0.717) is 6.54 Å². The molecule has 24 heavy (non-hydrogen) atoms. The van der Waals surface area contributed by atoms with Gasteiger partial charge in [0.2, 0.25) is 5.91 Å². The van der Waals surface area contributed by atoms with Gasteiger partial charge in [-0.05, 0) is 31.2 Å². The first kappa shape index (κ1) is 16.9. The molecule has 1 N–H and O–H groups in total. The summed E-state index contributed by atoms with van der Waals surface area (Å²) in [5.74, 6) is 0.789. The molecule has 0 saturated carbocycles. The van der Waals surface area contributed by atoms with E-state index in [1.54, 1.807) is 6.26 Å². The summed E-state index contributed by atoms with van der Waals surface area (Å²) in [6.45, 7) is 5.74. The van der Waals surface area contributed by atoms with Crippen LogP contribution in [0, 0.1) is 0 Å². The fraction of sp³-hybridized carbons (Fsp3) is 0.389. The van der Waals surface area contributed by atoms with E-state index in [0.717, 1.165) is 42.6 Å². The van der Waals surface area contributed by atoms with Crippen LogP contribution in [0.2, 0.25) is 5.02 Å². The smallest absolute Gasteiger partial charge is 0.234 e. The summed E-state index contributed by atoms with van der Waals surface area (Å²) in [5, 5.41) is 3.75. The lowest BCUT2D eigenvalue weighted by Gasteiger charge is -2.36. The second kappa shape index (κ2) is 7.73. The molecule has 1 fully saturated rings. The normalized spacial score (nSPS) is 16.8. The van der Waals surface area contributed by atoms with Crippen LogP contribution in [0.5, 0.6) is 0 Å². The maximum atomic E-state index is 12.2. The average Bonchev–Trinajstić information content (AvgIpc) is 3.11. The van der Waals surface area contributed by atoms with Gasteiger partial charge in [-0.1, -0.05) is 23.7 Å². The molecule has 0 spiro atoms. The average molecular weight is 348 g/mol. The highest BCUT2D eigenvalue weighted by Crippen LogP contribution is 2.25. The van der Waals surface area contributed by atoms with Gasteiger partial charge < -0.3 is 14.6 Å². The maximum absolute atomic E-state index is 12.2. The van der Waals surface area contributed by atoms with Gasteiger partial charge in [0, 0.05) is 26.2 Å². The van der Waals surface area contributed by atoms with Crippen LogP contribution in [0.1, 0.15) is 18.7 Å². The van der Waals surface area contributed by atoms with Gasteiger partial charge in [-0.3, -0.25) is 9.69 Å². The van der Waals surface area contributed by atoms with Gasteiger partial charge >= 0.3 is 0 Å². The summed E-state index contributed by atoms with van der Waals surface area (Å²) in [6, 6.07) is 11.5. The van der Waals surface area contributed by atoms with Crippen molar-refractivity contribution in [3.05, 3.63) is 53.4 Å². The van der Waals surface area contributed by atoms with Gasteiger partial charge in [-0.2, -0.15) is 0 Å². The van der Waals surface area contributed by atoms with E-state index in [2.05, 4.69) is 15.1 Å². The summed E-state index contributed by atoms with van der Waals surface area (Å²) in [5.41, 5.74) is 1.06. The number of anilines is 1. The summed E-state index contributed by atoms with van der Waals surface area (Å²) in [4.78, 5) is 16.6. The van der Waals surface area contributed by atoms with Crippen molar-refractivity contribution < 1.29 is 9.21 Å². The van der Waals surface area contributed by atoms with E-state index < -0.39 is 0 Å². The van der Waals surface area contributed by atoms with Crippen LogP contribution in [0.3, 0.4) is 0 Å². The molecular formula is C18H22ClN3O2. The summed E-state index contributed by atoms with van der Waals surface area (Å²) >= 11 is 6.26. The van der Waals surface area contributed by atoms with E-state index in [9.17, 15) is 4.79 Å². The Kier molecular flexibility index (Phi) is 5.43. The number of benzene rings is 1. The third-order valence-electron chi connectivity index (χ3n) is 4.28. The third-order valence-corrected chi connectivity index (χ3v) is 4.60. The molecule has 6 heteroatoms. The molecule has 3 rings (SSSR count). The van der Waals surface area contributed by atoms with Gasteiger partial charge in [-0.25, -0.2) is 0 Å². The Balaban J connectivity index is 1.47. The molecule has 2 aromatic rings. The number of hydrogen-bond acceptors (Lipinski definition) is 4. The van der Waals surface area contributed by atoms with Crippen LogP contribution in [0.4, 0.5) is 5.69 Å². The zero-order chi connectivity index (χ0) is 16.9. The molecule has 0 bridgehead atoms. The SMILES string of the molecule is C[C@H](NC(=O)CN1CCN(c2ccccc2Cl)CC1)c1ccco1. The van der Waals surface area contributed by atoms with Crippen molar-refractivity contribution in [3.8, 4) is 0 Å². The lowest BCUT2D eigenvalue weighted by Crippen LogP contribution is -2.49. The molecule has 1 aliphatic heterocycles. The Bertz CT molecular complexity index is 667. The Morgan fingerprint density at radius 1 is 1.21 bits per heavy atom. The lowest BCUT2D eigenvalue weighted by atomic mass is 10.2. The van der Waals surface area contributed by atoms with Crippen molar-refractivity contribution in [2.45, 2.75) is 13.0 Å². The molecule has 0 aliphatic carbocycles. The quantitative estimate of drug-likeness (QED) is 0.903. The second-order valence-corrected chi connectivity index (χ2v) is 6.43. The van der Waals surface area contributed by atoms with E-state index in [1.807, 2.05) is 43.3 Å². The van der Waals surface area contributed by atoms with Crippen LogP contribution in [-0.4, -0.2) is 43.5 Å². The van der Waals surface area contributed by atoms with Crippen molar-refractivity contribution in [2.24, 2.45) is 0 Å². The summed E-state index contributed by atoms with van der Waals surface area (Å²) in [7, 11) is 0. The molecular weight excluding hydrogens is 326 g/mol. The van der Waals surface area contributed by atoms with Gasteiger partial charge in [0.15, 0.2) is 0 Å². The number of halogens is 1. The van der Waals surface area contributed by atoms with Crippen molar-refractivity contribution in [1.29, 1.82) is 0 Å². The van der Waals surface area contributed by atoms with Gasteiger partial charge in [0.05, 0.1) is 29.6 Å². The van der Waals surface area contributed by atoms with Crippen molar-refractivity contribution >= 4 is 23.2 Å². The van der Waals surface area contributed by atoms with E-state index >= 15 is 0 Å². The highest BCUT2D eigenvalue weighted by Gasteiger charge is 2.21. The topological polar surface area (TPSA) is 48.7 Å². The summed E-state index contributed by atoms with van der Waals surface area (Å²) in [6.07, 6.45) is 1.62. The lowest BCUT2D eigenvalue weighted by molar-refractivity contribution is -0.123. The molecule has 2 heterocycles. The molecule has 1 aliphatic rings. The van der Waals surface area contributed by atoms with Crippen LogP contribution < -0.4 is 10.2 Å². The number of para-hydroxylation sites is 1. The number of amides is 1. The predicted molar refractivity (Wildman–Crippen MR) is 95.4 cm³/mol. The number of rotatable bonds is 5. The molecule has 1 aromatic carbocycles. The van der Waals surface area contributed by atoms with Gasteiger partial charge in [-0.15, -0.1) is 0 Å². The number of nitrogens with one attached hydrogen (secondary N) is 1. The molecule has 5 nitrogen and oxygen atoms in total. The molecule has 128 valence electrons. The van der Waals surface area contributed by atoms with E-state index in [-0.39, 0.29) is 11.9 Å². The van der Waals surface area contributed by atoms with Crippen LogP contribution >= 0.6 is 11.6 Å². The minimum Gasteiger partial charge on any atom is -0.467 e. The first-order valence-electron chi connectivity index (χ1n) is 8.18. The number of piperazine rings is 1. The Morgan fingerprint density at radius 3 is 2.62 bits per heavy atom. The van der Waals surface area contributed by atoms with Crippen molar-refractivity contribution in [3.63, 3.8) is 0 Å². The molecule has 1 amide bonds. The fourth-order valence-electron chi connectivity index (χ4n) is 2.95. The molecule has 1 saturated heterocycles. The van der Waals surface area contributed by atoms with Gasteiger partial charge in [0.25, 0.3) is 0 Å². The summed E-state index contributed by atoms with van der Waals surface area (Å²) < 4.78 is 5.31. The van der Waals surface area contributed by atoms with E-state index in [1.165, 1.54) is 0 Å². The van der Waals surface area contributed by atoms with Crippen LogP contribution in [0.15, 0.2) is 47.1 Å². The zero-order valence-electron chi connectivity index (χ0n) is 13.7. The van der Waals surface area contributed by atoms with Crippen molar-refractivity contribution in [1.82, 2.24) is 10.2 Å². The highest BCUT2D eigenvalue weighted by atomic mass is 35.5. The number of furan rings is 1. The molecule has 0 unspecified atom stereocenters. The molecule has 1 aromatic heterocycles. The minimum absolute atomic E-state index is 0.0186. The largest absolute Gasteiger partial charge is 0.467 e. The highest BCUT2D eigenvalue weighted by molar-refractivity contribution is 6.33.